The molecule has 2 heterocycles. The molecule has 0 aliphatic rings. The minimum Gasteiger partial charge on any atom is -0.381 e. The van der Waals surface area contributed by atoms with Crippen LogP contribution in [0.25, 0.3) is 12.2 Å². The lowest BCUT2D eigenvalue weighted by atomic mass is 10.1. The van der Waals surface area contributed by atoms with Crippen LogP contribution in [0.4, 0.5) is 13.2 Å². The molecule has 2 aromatic heterocycles. The highest BCUT2D eigenvalue weighted by atomic mass is 32.1. The van der Waals surface area contributed by atoms with Crippen LogP contribution in [0, 0.1) is 0 Å². The van der Waals surface area contributed by atoms with Crippen molar-refractivity contribution in [3.8, 4) is 0 Å². The fraction of sp³-hybridized carbons (Fsp3) is 0.111. The number of rotatable bonds is 4. The number of aromatic nitrogens is 2. The van der Waals surface area contributed by atoms with Crippen molar-refractivity contribution in [2.45, 2.75) is 12.3 Å². The summed E-state index contributed by atoms with van der Waals surface area (Å²) in [5, 5.41) is 12.6. The predicted octanol–water partition coefficient (Wildman–Crippen LogP) is 4.81. The van der Waals surface area contributed by atoms with Gasteiger partial charge < -0.3 is 5.11 Å². The third kappa shape index (κ3) is 4.32. The number of hydrogen-bond donors (Lipinski definition) is 1. The maximum atomic E-state index is 12.5. The zero-order valence-corrected chi connectivity index (χ0v) is 13.6. The van der Waals surface area contributed by atoms with E-state index >= 15 is 0 Å². The second kappa shape index (κ2) is 7.16. The fourth-order valence-electron chi connectivity index (χ4n) is 2.15. The number of pyridine rings is 1. The Balaban J connectivity index is 1.72. The van der Waals surface area contributed by atoms with E-state index < -0.39 is 17.8 Å². The number of alkyl halides is 3. The Hall–Kier alpha value is -2.51. The topological polar surface area (TPSA) is 46.0 Å². The Labute approximate surface area is 146 Å². The lowest BCUT2D eigenvalue weighted by molar-refractivity contribution is -0.137. The number of thiazole rings is 1. The molecule has 1 N–H and O–H groups in total. The molecule has 25 heavy (non-hydrogen) atoms. The SMILES string of the molecule is OC(c1cccnc1)c1nc(/C=C/c2ccc(C(F)(F)F)cc2)cs1. The summed E-state index contributed by atoms with van der Waals surface area (Å²) < 4.78 is 37.6. The van der Waals surface area contributed by atoms with Gasteiger partial charge in [0, 0.05) is 23.3 Å². The van der Waals surface area contributed by atoms with E-state index in [9.17, 15) is 18.3 Å². The Kier molecular flexibility index (Phi) is 4.96. The van der Waals surface area contributed by atoms with Crippen LogP contribution in [0.15, 0.2) is 54.2 Å². The average molecular weight is 362 g/mol. The molecule has 0 bridgehead atoms. The Morgan fingerprint density at radius 2 is 1.84 bits per heavy atom. The zero-order valence-electron chi connectivity index (χ0n) is 12.8. The fourth-order valence-corrected chi connectivity index (χ4v) is 2.94. The molecule has 0 saturated heterocycles. The van der Waals surface area contributed by atoms with Crippen LogP contribution in [0.2, 0.25) is 0 Å². The molecule has 0 saturated carbocycles. The first-order valence-corrected chi connectivity index (χ1v) is 8.20. The van der Waals surface area contributed by atoms with Crippen molar-refractivity contribution in [3.05, 3.63) is 81.6 Å². The molecule has 3 aromatic rings. The molecule has 128 valence electrons. The molecular formula is C18H13F3N2OS. The second-order valence-corrected chi connectivity index (χ2v) is 6.14. The van der Waals surface area contributed by atoms with Gasteiger partial charge in [-0.15, -0.1) is 11.3 Å². The highest BCUT2D eigenvalue weighted by Gasteiger charge is 2.29. The second-order valence-electron chi connectivity index (χ2n) is 5.25. The molecule has 3 nitrogen and oxygen atoms in total. The smallest absolute Gasteiger partial charge is 0.381 e. The standard InChI is InChI=1S/C18H13F3N2OS/c19-18(20,21)14-6-3-12(4-7-14)5-8-15-11-25-17(23-15)16(24)13-2-1-9-22-10-13/h1-11,16,24H/b8-5+. The highest BCUT2D eigenvalue weighted by Crippen LogP contribution is 2.29. The van der Waals surface area contributed by atoms with Gasteiger partial charge in [-0.05, 0) is 29.8 Å². The molecule has 0 fully saturated rings. The molecule has 7 heteroatoms. The number of nitrogens with zero attached hydrogens (tertiary/aromatic N) is 2. The summed E-state index contributed by atoms with van der Waals surface area (Å²) in [7, 11) is 0. The van der Waals surface area contributed by atoms with E-state index in [1.807, 2.05) is 0 Å². The summed E-state index contributed by atoms with van der Waals surface area (Å²) in [6.45, 7) is 0. The first-order chi connectivity index (χ1) is 11.9. The van der Waals surface area contributed by atoms with Crippen LogP contribution < -0.4 is 0 Å². The average Bonchev–Trinajstić information content (AvgIpc) is 3.09. The number of aliphatic hydroxyl groups is 1. The maximum Gasteiger partial charge on any atom is 0.416 e. The minimum atomic E-state index is -4.34. The van der Waals surface area contributed by atoms with Crippen LogP contribution in [0.1, 0.15) is 33.5 Å². The van der Waals surface area contributed by atoms with Crippen molar-refractivity contribution in [3.63, 3.8) is 0 Å². The molecule has 1 atom stereocenters. The Morgan fingerprint density at radius 1 is 1.08 bits per heavy atom. The largest absolute Gasteiger partial charge is 0.416 e. The molecule has 0 amide bonds. The number of benzene rings is 1. The monoisotopic (exact) mass is 362 g/mol. The van der Waals surface area contributed by atoms with Crippen LogP contribution in [-0.4, -0.2) is 15.1 Å². The zero-order chi connectivity index (χ0) is 17.9. The van der Waals surface area contributed by atoms with E-state index in [-0.39, 0.29) is 0 Å². The molecular weight excluding hydrogens is 349 g/mol. The van der Waals surface area contributed by atoms with Crippen LogP contribution in [0.5, 0.6) is 0 Å². The van der Waals surface area contributed by atoms with Gasteiger partial charge in [0.15, 0.2) is 0 Å². The summed E-state index contributed by atoms with van der Waals surface area (Å²) in [6, 6.07) is 8.37. The summed E-state index contributed by atoms with van der Waals surface area (Å²) >= 11 is 1.30. The van der Waals surface area contributed by atoms with E-state index in [2.05, 4.69) is 9.97 Å². The number of hydrogen-bond acceptors (Lipinski definition) is 4. The Morgan fingerprint density at radius 3 is 2.48 bits per heavy atom. The van der Waals surface area contributed by atoms with Gasteiger partial charge in [-0.2, -0.15) is 13.2 Å². The normalized spacial score (nSPS) is 13.3. The van der Waals surface area contributed by atoms with E-state index in [0.717, 1.165) is 12.1 Å². The van der Waals surface area contributed by atoms with Crippen molar-refractivity contribution in [2.24, 2.45) is 0 Å². The molecule has 0 radical (unpaired) electrons. The summed E-state index contributed by atoms with van der Waals surface area (Å²) in [4.78, 5) is 8.29. The third-order valence-electron chi connectivity index (χ3n) is 3.46. The van der Waals surface area contributed by atoms with Gasteiger partial charge in [-0.3, -0.25) is 4.98 Å². The van der Waals surface area contributed by atoms with E-state index in [1.54, 1.807) is 42.1 Å². The van der Waals surface area contributed by atoms with Crippen LogP contribution >= 0.6 is 11.3 Å². The number of halogens is 3. The van der Waals surface area contributed by atoms with E-state index in [1.165, 1.54) is 23.5 Å². The third-order valence-corrected chi connectivity index (χ3v) is 4.37. The van der Waals surface area contributed by atoms with Crippen molar-refractivity contribution < 1.29 is 18.3 Å². The van der Waals surface area contributed by atoms with Crippen LogP contribution in [0.3, 0.4) is 0 Å². The van der Waals surface area contributed by atoms with Crippen molar-refractivity contribution >= 4 is 23.5 Å². The van der Waals surface area contributed by atoms with Gasteiger partial charge in [0.1, 0.15) is 11.1 Å². The van der Waals surface area contributed by atoms with E-state index in [4.69, 9.17) is 0 Å². The predicted molar refractivity (Wildman–Crippen MR) is 90.8 cm³/mol. The quantitative estimate of drug-likeness (QED) is 0.725. The Bertz CT molecular complexity index is 858. The molecule has 0 aliphatic carbocycles. The number of aliphatic hydroxyl groups excluding tert-OH is 1. The van der Waals surface area contributed by atoms with E-state index in [0.29, 0.717) is 21.8 Å². The molecule has 1 aromatic carbocycles. The van der Waals surface area contributed by atoms with Gasteiger partial charge in [0.05, 0.1) is 11.3 Å². The van der Waals surface area contributed by atoms with Crippen molar-refractivity contribution in [1.29, 1.82) is 0 Å². The summed E-state index contributed by atoms with van der Waals surface area (Å²) in [6.07, 6.45) is 1.37. The highest BCUT2D eigenvalue weighted by molar-refractivity contribution is 7.09. The van der Waals surface area contributed by atoms with Crippen LogP contribution in [-0.2, 0) is 6.18 Å². The van der Waals surface area contributed by atoms with Crippen molar-refractivity contribution in [1.82, 2.24) is 9.97 Å². The lowest BCUT2D eigenvalue weighted by Gasteiger charge is -2.06. The molecule has 3 rings (SSSR count). The molecule has 0 spiro atoms. The lowest BCUT2D eigenvalue weighted by Crippen LogP contribution is -2.03. The van der Waals surface area contributed by atoms with Gasteiger partial charge >= 0.3 is 6.18 Å². The summed E-state index contributed by atoms with van der Waals surface area (Å²) in [5.74, 6) is 0. The maximum absolute atomic E-state index is 12.5. The molecule has 0 aliphatic heterocycles. The first kappa shape index (κ1) is 17.3. The summed E-state index contributed by atoms with van der Waals surface area (Å²) in [5.41, 5.74) is 1.23. The van der Waals surface area contributed by atoms with Gasteiger partial charge in [0.25, 0.3) is 0 Å². The minimum absolute atomic E-state index is 0.528. The van der Waals surface area contributed by atoms with Gasteiger partial charge in [-0.1, -0.05) is 24.3 Å². The van der Waals surface area contributed by atoms with Gasteiger partial charge in [0.2, 0.25) is 0 Å². The van der Waals surface area contributed by atoms with Crippen molar-refractivity contribution in [2.75, 3.05) is 0 Å². The first-order valence-electron chi connectivity index (χ1n) is 7.32. The molecule has 1 unspecified atom stereocenters. The van der Waals surface area contributed by atoms with Gasteiger partial charge in [-0.25, -0.2) is 4.98 Å².